The summed E-state index contributed by atoms with van der Waals surface area (Å²) in [5.41, 5.74) is 1.37. The van der Waals surface area contributed by atoms with E-state index in [1.165, 1.54) is 35.7 Å². The highest BCUT2D eigenvalue weighted by Gasteiger charge is 2.31. The lowest BCUT2D eigenvalue weighted by Crippen LogP contribution is -2.25. The van der Waals surface area contributed by atoms with Gasteiger partial charge in [0.05, 0.1) is 17.0 Å². The van der Waals surface area contributed by atoms with Crippen molar-refractivity contribution in [2.24, 2.45) is 0 Å². The van der Waals surface area contributed by atoms with E-state index >= 15 is 0 Å². The van der Waals surface area contributed by atoms with E-state index in [9.17, 15) is 0 Å². The molecule has 0 saturated carbocycles. The molecule has 20 heavy (non-hydrogen) atoms. The number of rotatable bonds is 3. The lowest BCUT2D eigenvalue weighted by molar-refractivity contribution is 0.465. The molecule has 1 aromatic heterocycles. The highest BCUT2D eigenvalue weighted by molar-refractivity contribution is 8.07. The maximum atomic E-state index is 5.06. The quantitative estimate of drug-likeness (QED) is 0.887. The molecule has 4 unspecified atom stereocenters. The van der Waals surface area contributed by atoms with Crippen molar-refractivity contribution in [3.8, 4) is 0 Å². The fourth-order valence-electron chi connectivity index (χ4n) is 2.93. The maximum absolute atomic E-state index is 5.06. The topological polar surface area (TPSA) is 24.9 Å². The molecule has 1 aliphatic heterocycles. The Morgan fingerprint density at radius 2 is 2.15 bits per heavy atom. The molecule has 1 aromatic rings. The minimum absolute atomic E-state index is 0.506. The smallest absolute Gasteiger partial charge is 0.107 e. The van der Waals surface area contributed by atoms with Crippen LogP contribution >= 0.6 is 34.9 Å². The summed E-state index contributed by atoms with van der Waals surface area (Å²) in [6.45, 7) is 7.95. The first-order valence-electron chi connectivity index (χ1n) is 7.69. The standard InChI is InChI=1S/C15H24N2S3/c1-4-16-11-6-5-7-12-14(11)17-15(20-12)13-8-18-9(2)10(3)19-13/h9-11,13,16H,4-8H2,1-3H3. The van der Waals surface area contributed by atoms with E-state index in [4.69, 9.17) is 4.98 Å². The molecule has 0 spiro atoms. The molecular weight excluding hydrogens is 304 g/mol. The van der Waals surface area contributed by atoms with Gasteiger partial charge in [0.1, 0.15) is 5.01 Å². The second-order valence-electron chi connectivity index (χ2n) is 5.73. The zero-order chi connectivity index (χ0) is 14.1. The third kappa shape index (κ3) is 3.06. The van der Waals surface area contributed by atoms with E-state index in [0.29, 0.717) is 11.3 Å². The molecular formula is C15H24N2S3. The van der Waals surface area contributed by atoms with E-state index in [2.05, 4.69) is 49.6 Å². The predicted octanol–water partition coefficient (Wildman–Crippen LogP) is 4.43. The predicted molar refractivity (Wildman–Crippen MR) is 93.2 cm³/mol. The summed E-state index contributed by atoms with van der Waals surface area (Å²) in [4.78, 5) is 6.61. The average Bonchev–Trinajstić information content (AvgIpc) is 2.87. The Hall–Kier alpha value is 0.290. The Kier molecular flexibility index (Phi) is 5.01. The molecule has 0 radical (unpaired) electrons. The summed E-state index contributed by atoms with van der Waals surface area (Å²) in [5, 5.41) is 7.12. The molecule has 0 aromatic carbocycles. The van der Waals surface area contributed by atoms with Gasteiger partial charge in [-0.25, -0.2) is 4.98 Å². The van der Waals surface area contributed by atoms with Crippen LogP contribution in [0.2, 0.25) is 0 Å². The molecule has 112 valence electrons. The summed E-state index contributed by atoms with van der Waals surface area (Å²) in [5.74, 6) is 1.23. The molecule has 1 aliphatic carbocycles. The van der Waals surface area contributed by atoms with Gasteiger partial charge in [0, 0.05) is 21.1 Å². The van der Waals surface area contributed by atoms with Gasteiger partial charge in [-0.3, -0.25) is 0 Å². The van der Waals surface area contributed by atoms with Crippen molar-refractivity contribution in [3.63, 3.8) is 0 Å². The Balaban J connectivity index is 1.78. The van der Waals surface area contributed by atoms with Crippen LogP contribution in [-0.2, 0) is 6.42 Å². The number of thioether (sulfide) groups is 2. The van der Waals surface area contributed by atoms with Gasteiger partial charge in [0.2, 0.25) is 0 Å². The maximum Gasteiger partial charge on any atom is 0.107 e. The Bertz CT molecular complexity index is 460. The van der Waals surface area contributed by atoms with Gasteiger partial charge >= 0.3 is 0 Å². The molecule has 1 saturated heterocycles. The van der Waals surface area contributed by atoms with Gasteiger partial charge in [0.15, 0.2) is 0 Å². The second-order valence-corrected chi connectivity index (χ2v) is 9.84. The third-order valence-corrected chi connectivity index (χ3v) is 9.04. The van der Waals surface area contributed by atoms with E-state index in [1.807, 2.05) is 11.3 Å². The number of thiazole rings is 1. The van der Waals surface area contributed by atoms with Gasteiger partial charge < -0.3 is 5.32 Å². The number of hydrogen-bond acceptors (Lipinski definition) is 5. The summed E-state index contributed by atoms with van der Waals surface area (Å²) in [7, 11) is 0. The van der Waals surface area contributed by atoms with Crippen LogP contribution in [0.4, 0.5) is 0 Å². The fourth-order valence-corrected chi connectivity index (χ4v) is 7.29. The van der Waals surface area contributed by atoms with Crippen LogP contribution in [0.25, 0.3) is 0 Å². The van der Waals surface area contributed by atoms with Gasteiger partial charge in [-0.05, 0) is 25.8 Å². The minimum atomic E-state index is 0.506. The summed E-state index contributed by atoms with van der Waals surface area (Å²) in [6, 6.07) is 0.506. The summed E-state index contributed by atoms with van der Waals surface area (Å²) >= 11 is 6.24. The lowest BCUT2D eigenvalue weighted by Gasteiger charge is -2.30. The van der Waals surface area contributed by atoms with Crippen LogP contribution in [0.1, 0.15) is 60.5 Å². The van der Waals surface area contributed by atoms with Crippen LogP contribution in [0, 0.1) is 0 Å². The van der Waals surface area contributed by atoms with E-state index in [0.717, 1.165) is 17.0 Å². The fraction of sp³-hybridized carbons (Fsp3) is 0.800. The molecule has 4 atom stereocenters. The molecule has 0 amide bonds. The van der Waals surface area contributed by atoms with Crippen molar-refractivity contribution >= 4 is 34.9 Å². The molecule has 1 N–H and O–H groups in total. The van der Waals surface area contributed by atoms with Crippen LogP contribution < -0.4 is 5.32 Å². The molecule has 2 nitrogen and oxygen atoms in total. The van der Waals surface area contributed by atoms with Crippen LogP contribution in [0.5, 0.6) is 0 Å². The van der Waals surface area contributed by atoms with Crippen LogP contribution in [0.15, 0.2) is 0 Å². The first kappa shape index (κ1) is 15.2. The number of nitrogens with one attached hydrogen (secondary N) is 1. The Labute approximate surface area is 134 Å². The van der Waals surface area contributed by atoms with E-state index in [1.54, 1.807) is 4.88 Å². The number of aryl methyl sites for hydroxylation is 1. The number of fused-ring (bicyclic) bond motifs is 1. The second kappa shape index (κ2) is 6.59. The monoisotopic (exact) mass is 328 g/mol. The van der Waals surface area contributed by atoms with Crippen molar-refractivity contribution < 1.29 is 0 Å². The molecule has 2 aliphatic rings. The van der Waals surface area contributed by atoms with Crippen molar-refractivity contribution in [1.29, 1.82) is 0 Å². The molecule has 0 bridgehead atoms. The van der Waals surface area contributed by atoms with Crippen molar-refractivity contribution in [3.05, 3.63) is 15.6 Å². The summed E-state index contributed by atoms with van der Waals surface area (Å²) in [6.07, 6.45) is 3.81. The Morgan fingerprint density at radius 3 is 2.90 bits per heavy atom. The van der Waals surface area contributed by atoms with Gasteiger partial charge in [0.25, 0.3) is 0 Å². The minimum Gasteiger partial charge on any atom is -0.309 e. The molecule has 2 heterocycles. The highest BCUT2D eigenvalue weighted by atomic mass is 32.2. The van der Waals surface area contributed by atoms with Crippen LogP contribution in [-0.4, -0.2) is 27.8 Å². The van der Waals surface area contributed by atoms with Gasteiger partial charge in [-0.2, -0.15) is 11.8 Å². The average molecular weight is 329 g/mol. The van der Waals surface area contributed by atoms with Crippen molar-refractivity contribution in [2.45, 2.75) is 61.8 Å². The first-order chi connectivity index (χ1) is 9.69. The molecule has 5 heteroatoms. The summed E-state index contributed by atoms with van der Waals surface area (Å²) < 4.78 is 0. The molecule has 1 fully saturated rings. The van der Waals surface area contributed by atoms with E-state index < -0.39 is 0 Å². The van der Waals surface area contributed by atoms with Crippen LogP contribution in [0.3, 0.4) is 0 Å². The van der Waals surface area contributed by atoms with E-state index in [-0.39, 0.29) is 0 Å². The van der Waals surface area contributed by atoms with Gasteiger partial charge in [-0.15, -0.1) is 23.1 Å². The normalized spacial score (nSPS) is 34.0. The number of aromatic nitrogens is 1. The number of hydrogen-bond donors (Lipinski definition) is 1. The lowest BCUT2D eigenvalue weighted by atomic mass is 9.98. The first-order valence-corrected chi connectivity index (χ1v) is 10.5. The SMILES string of the molecule is CCNC1CCCc2sc(C3CSC(C)C(C)S3)nc21. The zero-order valence-corrected chi connectivity index (χ0v) is 15.0. The number of nitrogens with zero attached hydrogens (tertiary/aromatic N) is 1. The van der Waals surface area contributed by atoms with Crippen molar-refractivity contribution in [2.75, 3.05) is 12.3 Å². The van der Waals surface area contributed by atoms with Gasteiger partial charge in [-0.1, -0.05) is 20.8 Å². The van der Waals surface area contributed by atoms with Crippen molar-refractivity contribution in [1.82, 2.24) is 10.3 Å². The Morgan fingerprint density at radius 1 is 1.30 bits per heavy atom. The third-order valence-electron chi connectivity index (χ3n) is 4.25. The molecule has 3 rings (SSSR count). The highest BCUT2D eigenvalue weighted by Crippen LogP contribution is 2.47. The largest absolute Gasteiger partial charge is 0.309 e. The zero-order valence-electron chi connectivity index (χ0n) is 12.5.